The van der Waals surface area contributed by atoms with E-state index >= 15 is 0 Å². The van der Waals surface area contributed by atoms with E-state index in [0.717, 1.165) is 5.56 Å². The fraction of sp³-hybridized carbons (Fsp3) is 0.267. The normalized spacial score (nSPS) is 11.9. The molecule has 2 rings (SSSR count). The molecule has 0 aliphatic heterocycles. The molecule has 1 heterocycles. The van der Waals surface area contributed by atoms with Gasteiger partial charge in [-0.15, -0.1) is 11.3 Å². The van der Waals surface area contributed by atoms with Crippen molar-refractivity contribution in [1.29, 1.82) is 0 Å². The zero-order chi connectivity index (χ0) is 15.2. The number of aliphatic carboxylic acids is 1. The van der Waals surface area contributed by atoms with Crippen LogP contribution in [-0.4, -0.2) is 28.5 Å². The van der Waals surface area contributed by atoms with Crippen molar-refractivity contribution in [2.45, 2.75) is 13.3 Å². The Bertz CT molecular complexity index is 625. The van der Waals surface area contributed by atoms with Gasteiger partial charge in [-0.25, -0.2) is 4.98 Å². The Kier molecular flexibility index (Phi) is 5.05. The van der Waals surface area contributed by atoms with Crippen molar-refractivity contribution in [1.82, 2.24) is 10.3 Å². The quantitative estimate of drug-likeness (QED) is 0.857. The van der Waals surface area contributed by atoms with E-state index in [9.17, 15) is 14.7 Å². The standard InChI is InChI=1S/C15H16N2O3S/c1-10-13(21-9-17-10)14(18)16-8-12(15(19)20)7-11-5-3-2-4-6-11/h2-6,9,12H,7-8H2,1H3,(H,16,18)(H,19,20). The highest BCUT2D eigenvalue weighted by atomic mass is 32.1. The molecule has 0 fully saturated rings. The van der Waals surface area contributed by atoms with E-state index in [1.165, 1.54) is 11.3 Å². The minimum atomic E-state index is -0.917. The molecule has 0 aliphatic rings. The van der Waals surface area contributed by atoms with Crippen LogP contribution in [0.1, 0.15) is 20.9 Å². The van der Waals surface area contributed by atoms with E-state index in [2.05, 4.69) is 10.3 Å². The summed E-state index contributed by atoms with van der Waals surface area (Å²) in [5, 5.41) is 11.9. The van der Waals surface area contributed by atoms with E-state index in [1.807, 2.05) is 30.3 Å². The van der Waals surface area contributed by atoms with Crippen molar-refractivity contribution < 1.29 is 14.7 Å². The first-order valence-electron chi connectivity index (χ1n) is 6.53. The highest BCUT2D eigenvalue weighted by molar-refractivity contribution is 7.11. The van der Waals surface area contributed by atoms with Crippen LogP contribution >= 0.6 is 11.3 Å². The molecule has 1 atom stereocenters. The number of hydrogen-bond acceptors (Lipinski definition) is 4. The number of carbonyl (C=O) groups is 2. The van der Waals surface area contributed by atoms with Crippen LogP contribution in [-0.2, 0) is 11.2 Å². The maximum absolute atomic E-state index is 12.0. The summed E-state index contributed by atoms with van der Waals surface area (Å²) in [5.74, 6) is -1.83. The van der Waals surface area contributed by atoms with Crippen molar-refractivity contribution >= 4 is 23.2 Å². The Labute approximate surface area is 126 Å². The van der Waals surface area contributed by atoms with Gasteiger partial charge in [-0.1, -0.05) is 30.3 Å². The molecule has 0 saturated heterocycles. The van der Waals surface area contributed by atoms with Gasteiger partial charge in [0, 0.05) is 6.54 Å². The zero-order valence-electron chi connectivity index (χ0n) is 11.6. The lowest BCUT2D eigenvalue weighted by Crippen LogP contribution is -2.34. The molecule has 0 aliphatic carbocycles. The second kappa shape index (κ2) is 6.99. The molecule has 1 aromatic carbocycles. The average molecular weight is 304 g/mol. The lowest BCUT2D eigenvalue weighted by atomic mass is 9.99. The van der Waals surface area contributed by atoms with Gasteiger partial charge in [0.1, 0.15) is 4.88 Å². The molecular formula is C15H16N2O3S. The molecule has 1 unspecified atom stereocenters. The van der Waals surface area contributed by atoms with E-state index in [0.29, 0.717) is 17.0 Å². The molecule has 2 aromatic rings. The molecule has 1 aromatic heterocycles. The number of nitrogens with one attached hydrogen (secondary N) is 1. The molecule has 2 N–H and O–H groups in total. The predicted molar refractivity (Wildman–Crippen MR) is 80.5 cm³/mol. The maximum Gasteiger partial charge on any atom is 0.308 e. The predicted octanol–water partition coefficient (Wildman–Crippen LogP) is 2.12. The zero-order valence-corrected chi connectivity index (χ0v) is 12.4. The van der Waals surface area contributed by atoms with Gasteiger partial charge < -0.3 is 10.4 Å². The molecule has 0 radical (unpaired) electrons. The van der Waals surface area contributed by atoms with E-state index in [-0.39, 0.29) is 12.5 Å². The Hall–Kier alpha value is -2.21. The van der Waals surface area contributed by atoms with Gasteiger partial charge in [0.2, 0.25) is 0 Å². The fourth-order valence-electron chi connectivity index (χ4n) is 1.96. The number of carbonyl (C=O) groups excluding carboxylic acids is 1. The highest BCUT2D eigenvalue weighted by Crippen LogP contribution is 2.13. The van der Waals surface area contributed by atoms with Gasteiger partial charge in [0.25, 0.3) is 5.91 Å². The molecule has 5 nitrogen and oxygen atoms in total. The number of carboxylic acid groups (broad SMARTS) is 1. The summed E-state index contributed by atoms with van der Waals surface area (Å²) in [6, 6.07) is 9.38. The molecule has 0 spiro atoms. The number of nitrogens with zero attached hydrogens (tertiary/aromatic N) is 1. The Balaban J connectivity index is 1.96. The first kappa shape index (κ1) is 15.2. The van der Waals surface area contributed by atoms with Crippen molar-refractivity contribution in [3.63, 3.8) is 0 Å². The summed E-state index contributed by atoms with van der Waals surface area (Å²) >= 11 is 1.25. The summed E-state index contributed by atoms with van der Waals surface area (Å²) in [5.41, 5.74) is 3.20. The van der Waals surface area contributed by atoms with Crippen LogP contribution in [0.4, 0.5) is 0 Å². The summed E-state index contributed by atoms with van der Waals surface area (Å²) in [4.78, 5) is 27.8. The largest absolute Gasteiger partial charge is 0.481 e. The smallest absolute Gasteiger partial charge is 0.308 e. The van der Waals surface area contributed by atoms with E-state index in [4.69, 9.17) is 0 Å². The molecule has 110 valence electrons. The number of amides is 1. The van der Waals surface area contributed by atoms with Gasteiger partial charge in [0.15, 0.2) is 0 Å². The van der Waals surface area contributed by atoms with Crippen molar-refractivity contribution in [3.8, 4) is 0 Å². The fourth-order valence-corrected chi connectivity index (χ4v) is 2.68. The third kappa shape index (κ3) is 4.13. The molecule has 0 bridgehead atoms. The maximum atomic E-state index is 12.0. The molecule has 1 amide bonds. The third-order valence-corrected chi connectivity index (χ3v) is 4.06. The number of hydrogen-bond donors (Lipinski definition) is 2. The van der Waals surface area contributed by atoms with Crippen LogP contribution < -0.4 is 5.32 Å². The average Bonchev–Trinajstić information content (AvgIpc) is 2.90. The first-order chi connectivity index (χ1) is 10.1. The van der Waals surface area contributed by atoms with Gasteiger partial charge in [-0.3, -0.25) is 9.59 Å². The summed E-state index contributed by atoms with van der Waals surface area (Å²) in [7, 11) is 0. The van der Waals surface area contributed by atoms with E-state index in [1.54, 1.807) is 12.4 Å². The second-order valence-electron chi connectivity index (χ2n) is 4.70. The SMILES string of the molecule is Cc1ncsc1C(=O)NCC(Cc1ccccc1)C(=O)O. The van der Waals surface area contributed by atoms with Crippen LogP contribution in [0.2, 0.25) is 0 Å². The third-order valence-electron chi connectivity index (χ3n) is 3.13. The lowest BCUT2D eigenvalue weighted by Gasteiger charge is -2.13. The van der Waals surface area contributed by atoms with Gasteiger partial charge in [0.05, 0.1) is 17.1 Å². The first-order valence-corrected chi connectivity index (χ1v) is 7.41. The second-order valence-corrected chi connectivity index (χ2v) is 5.56. The van der Waals surface area contributed by atoms with Gasteiger partial charge >= 0.3 is 5.97 Å². The summed E-state index contributed by atoms with van der Waals surface area (Å²) in [6.45, 7) is 1.85. The highest BCUT2D eigenvalue weighted by Gasteiger charge is 2.20. The minimum absolute atomic E-state index is 0.0976. The summed E-state index contributed by atoms with van der Waals surface area (Å²) < 4.78 is 0. The van der Waals surface area contributed by atoms with Crippen molar-refractivity contribution in [2.24, 2.45) is 5.92 Å². The monoisotopic (exact) mass is 304 g/mol. The molecule has 0 saturated carbocycles. The van der Waals surface area contributed by atoms with Crippen molar-refractivity contribution in [3.05, 3.63) is 52.0 Å². The van der Waals surface area contributed by atoms with Gasteiger partial charge in [-0.05, 0) is 18.9 Å². The summed E-state index contributed by atoms with van der Waals surface area (Å²) in [6.07, 6.45) is 0.387. The molecular weight excluding hydrogens is 288 g/mol. The van der Waals surface area contributed by atoms with Crippen LogP contribution in [0.15, 0.2) is 35.8 Å². The molecule has 21 heavy (non-hydrogen) atoms. The molecule has 6 heteroatoms. The van der Waals surface area contributed by atoms with Crippen LogP contribution in [0.25, 0.3) is 0 Å². The number of carboxylic acids is 1. The Morgan fingerprint density at radius 2 is 2.05 bits per heavy atom. The minimum Gasteiger partial charge on any atom is -0.481 e. The van der Waals surface area contributed by atoms with Crippen molar-refractivity contribution in [2.75, 3.05) is 6.54 Å². The van der Waals surface area contributed by atoms with E-state index < -0.39 is 11.9 Å². The number of benzene rings is 1. The lowest BCUT2D eigenvalue weighted by molar-refractivity contribution is -0.141. The Morgan fingerprint density at radius 1 is 1.33 bits per heavy atom. The number of aryl methyl sites for hydroxylation is 1. The van der Waals surface area contributed by atoms with Crippen LogP contribution in [0.5, 0.6) is 0 Å². The van der Waals surface area contributed by atoms with Crippen LogP contribution in [0.3, 0.4) is 0 Å². The number of thiazole rings is 1. The van der Waals surface area contributed by atoms with Gasteiger partial charge in [-0.2, -0.15) is 0 Å². The number of rotatable bonds is 6. The Morgan fingerprint density at radius 3 is 2.62 bits per heavy atom. The van der Waals surface area contributed by atoms with Crippen LogP contribution in [0, 0.1) is 12.8 Å². The topological polar surface area (TPSA) is 79.3 Å². The number of aromatic nitrogens is 1.